The van der Waals surface area contributed by atoms with E-state index in [2.05, 4.69) is 10.3 Å². The number of nitrogens with one attached hydrogen (secondary N) is 1. The Morgan fingerprint density at radius 2 is 1.81 bits per heavy atom. The zero-order valence-electron chi connectivity index (χ0n) is 16.7. The lowest BCUT2D eigenvalue weighted by Gasteiger charge is -2.17. The van der Waals surface area contributed by atoms with E-state index in [1.807, 2.05) is 0 Å². The van der Waals surface area contributed by atoms with E-state index in [1.165, 1.54) is 34.9 Å². The number of para-hydroxylation sites is 1. The summed E-state index contributed by atoms with van der Waals surface area (Å²) in [5, 5.41) is 3.64. The number of amides is 1. The van der Waals surface area contributed by atoms with Gasteiger partial charge in [-0.15, -0.1) is 0 Å². The predicted molar refractivity (Wildman–Crippen MR) is 128 cm³/mol. The first-order valence-electron chi connectivity index (χ1n) is 9.54. The average Bonchev–Trinajstić information content (AvgIpc) is 2.77. The van der Waals surface area contributed by atoms with Gasteiger partial charge in [0.1, 0.15) is 5.82 Å². The maximum Gasteiger partial charge on any atom is 0.266 e. The first-order chi connectivity index (χ1) is 15.3. The third-order valence-electron chi connectivity index (χ3n) is 4.67. The number of halogens is 3. The first-order valence-corrected chi connectivity index (χ1v) is 11.2. The van der Waals surface area contributed by atoms with Crippen molar-refractivity contribution >= 4 is 57.5 Å². The molecule has 1 atom stereocenters. The number of nitrogens with zero attached hydrogens (tertiary/aromatic N) is 2. The summed E-state index contributed by atoms with van der Waals surface area (Å²) in [6, 6.07) is 17.2. The summed E-state index contributed by atoms with van der Waals surface area (Å²) in [7, 11) is 0. The largest absolute Gasteiger partial charge is 0.324 e. The van der Waals surface area contributed by atoms with Gasteiger partial charge in [0.05, 0.1) is 32.6 Å². The Bertz CT molecular complexity index is 1380. The summed E-state index contributed by atoms with van der Waals surface area (Å²) in [5.74, 6) is -0.746. The number of carbonyl (C=O) groups is 1. The van der Waals surface area contributed by atoms with Crippen molar-refractivity contribution in [3.63, 3.8) is 0 Å². The van der Waals surface area contributed by atoms with Crippen LogP contribution in [0.1, 0.15) is 6.92 Å². The lowest BCUT2D eigenvalue weighted by Crippen LogP contribution is -2.26. The van der Waals surface area contributed by atoms with E-state index < -0.39 is 11.1 Å². The quantitative estimate of drug-likeness (QED) is 0.279. The highest BCUT2D eigenvalue weighted by Crippen LogP contribution is 2.29. The Labute approximate surface area is 197 Å². The van der Waals surface area contributed by atoms with Crippen LogP contribution in [0.4, 0.5) is 10.1 Å². The molecule has 3 aromatic carbocycles. The number of hydrogen-bond acceptors (Lipinski definition) is 4. The molecule has 0 aliphatic rings. The molecule has 4 rings (SSSR count). The number of rotatable bonds is 5. The number of anilines is 1. The third-order valence-corrected chi connectivity index (χ3v) is 6.27. The first kappa shape index (κ1) is 22.3. The molecule has 0 radical (unpaired) electrons. The minimum Gasteiger partial charge on any atom is -0.324 e. The van der Waals surface area contributed by atoms with Crippen molar-refractivity contribution < 1.29 is 9.18 Å². The fourth-order valence-corrected chi connectivity index (χ4v) is 4.43. The lowest BCUT2D eigenvalue weighted by molar-refractivity contribution is -0.115. The highest BCUT2D eigenvalue weighted by molar-refractivity contribution is 8.00. The summed E-state index contributed by atoms with van der Waals surface area (Å²) in [6.45, 7) is 1.69. The van der Waals surface area contributed by atoms with Gasteiger partial charge in [-0.1, -0.05) is 47.1 Å². The minimum absolute atomic E-state index is 0.307. The smallest absolute Gasteiger partial charge is 0.266 e. The topological polar surface area (TPSA) is 64.0 Å². The number of carbonyl (C=O) groups excluding carboxylic acids is 1. The molecule has 0 spiro atoms. The van der Waals surface area contributed by atoms with Crippen LogP contribution in [0.25, 0.3) is 16.6 Å². The number of benzene rings is 3. The van der Waals surface area contributed by atoms with E-state index in [9.17, 15) is 14.0 Å². The van der Waals surface area contributed by atoms with Crippen molar-refractivity contribution in [2.45, 2.75) is 17.3 Å². The maximum atomic E-state index is 13.5. The van der Waals surface area contributed by atoms with Gasteiger partial charge in [0, 0.05) is 5.02 Å². The van der Waals surface area contributed by atoms with E-state index in [4.69, 9.17) is 23.2 Å². The Balaban J connectivity index is 1.71. The van der Waals surface area contributed by atoms with Crippen molar-refractivity contribution in [2.75, 3.05) is 5.32 Å². The van der Waals surface area contributed by atoms with Crippen LogP contribution in [0.3, 0.4) is 0 Å². The van der Waals surface area contributed by atoms with Crippen LogP contribution in [-0.4, -0.2) is 20.7 Å². The standard InChI is InChI=1S/C23H16Cl2FN3O2S/c1-13(21(30)27-20-11-6-14(24)12-18(20)25)32-23-28-19-5-3-2-4-17(19)22(31)29(23)16-9-7-15(26)8-10-16/h2-13H,1H3,(H,27,30). The molecule has 9 heteroatoms. The highest BCUT2D eigenvalue weighted by Gasteiger charge is 2.21. The van der Waals surface area contributed by atoms with E-state index >= 15 is 0 Å². The van der Waals surface area contributed by atoms with Gasteiger partial charge in [-0.25, -0.2) is 9.37 Å². The van der Waals surface area contributed by atoms with E-state index in [0.29, 0.717) is 37.5 Å². The molecule has 0 saturated heterocycles. The fourth-order valence-electron chi connectivity index (χ4n) is 3.05. The molecular formula is C23H16Cl2FN3O2S. The molecule has 0 fully saturated rings. The van der Waals surface area contributed by atoms with Crippen LogP contribution in [-0.2, 0) is 4.79 Å². The summed E-state index contributed by atoms with van der Waals surface area (Å²) >= 11 is 13.2. The van der Waals surface area contributed by atoms with Crippen molar-refractivity contribution in [2.24, 2.45) is 0 Å². The number of fused-ring (bicyclic) bond motifs is 1. The zero-order chi connectivity index (χ0) is 22.8. The highest BCUT2D eigenvalue weighted by atomic mass is 35.5. The summed E-state index contributed by atoms with van der Waals surface area (Å²) in [4.78, 5) is 30.6. The SMILES string of the molecule is CC(Sc1nc2ccccc2c(=O)n1-c1ccc(F)cc1)C(=O)Nc1ccc(Cl)cc1Cl. The van der Waals surface area contributed by atoms with Crippen LogP contribution in [0.2, 0.25) is 10.0 Å². The molecule has 1 amide bonds. The number of thioether (sulfide) groups is 1. The molecule has 1 N–H and O–H groups in total. The number of hydrogen-bond donors (Lipinski definition) is 1. The molecule has 32 heavy (non-hydrogen) atoms. The summed E-state index contributed by atoms with van der Waals surface area (Å²) in [6.07, 6.45) is 0. The second kappa shape index (κ2) is 9.32. The second-order valence-electron chi connectivity index (χ2n) is 6.90. The predicted octanol–water partition coefficient (Wildman–Crippen LogP) is 5.95. The van der Waals surface area contributed by atoms with Crippen molar-refractivity contribution in [1.29, 1.82) is 0 Å². The minimum atomic E-state index is -0.624. The number of aromatic nitrogens is 2. The van der Waals surface area contributed by atoms with Crippen LogP contribution in [0.15, 0.2) is 76.7 Å². The monoisotopic (exact) mass is 487 g/mol. The van der Waals surface area contributed by atoms with Gasteiger partial charge in [-0.3, -0.25) is 14.2 Å². The van der Waals surface area contributed by atoms with E-state index in [-0.39, 0.29) is 11.5 Å². The Morgan fingerprint density at radius 3 is 2.53 bits per heavy atom. The van der Waals surface area contributed by atoms with Crippen LogP contribution < -0.4 is 10.9 Å². The van der Waals surface area contributed by atoms with Crippen LogP contribution in [0.5, 0.6) is 0 Å². The molecule has 0 saturated carbocycles. The Hall–Kier alpha value is -2.87. The molecule has 0 bridgehead atoms. The lowest BCUT2D eigenvalue weighted by atomic mass is 10.2. The second-order valence-corrected chi connectivity index (χ2v) is 9.05. The van der Waals surface area contributed by atoms with Crippen molar-refractivity contribution in [1.82, 2.24) is 9.55 Å². The van der Waals surface area contributed by atoms with Gasteiger partial charge in [0.25, 0.3) is 5.56 Å². The normalized spacial score (nSPS) is 12.0. The average molecular weight is 488 g/mol. The molecule has 0 aliphatic heterocycles. The van der Waals surface area contributed by atoms with Gasteiger partial charge < -0.3 is 5.32 Å². The van der Waals surface area contributed by atoms with Crippen LogP contribution in [0, 0.1) is 5.82 Å². The van der Waals surface area contributed by atoms with E-state index in [1.54, 1.807) is 43.3 Å². The molecule has 1 heterocycles. The Kier molecular flexibility index (Phi) is 6.50. The summed E-state index contributed by atoms with van der Waals surface area (Å²) in [5.41, 5.74) is 1.08. The molecule has 1 aromatic heterocycles. The van der Waals surface area contributed by atoms with Crippen molar-refractivity contribution in [3.05, 3.63) is 92.9 Å². The van der Waals surface area contributed by atoms with Gasteiger partial charge in [0.15, 0.2) is 5.16 Å². The van der Waals surface area contributed by atoms with E-state index in [0.717, 1.165) is 11.8 Å². The maximum absolute atomic E-state index is 13.5. The summed E-state index contributed by atoms with van der Waals surface area (Å²) < 4.78 is 14.8. The zero-order valence-corrected chi connectivity index (χ0v) is 19.0. The third kappa shape index (κ3) is 4.65. The molecule has 162 valence electrons. The molecule has 1 unspecified atom stereocenters. The molecular weight excluding hydrogens is 472 g/mol. The van der Waals surface area contributed by atoms with Gasteiger partial charge >= 0.3 is 0 Å². The fraction of sp³-hybridized carbons (Fsp3) is 0.0870. The van der Waals surface area contributed by atoms with Crippen LogP contribution >= 0.6 is 35.0 Å². The van der Waals surface area contributed by atoms with Crippen molar-refractivity contribution in [3.8, 4) is 5.69 Å². The molecule has 4 aromatic rings. The van der Waals surface area contributed by atoms with Gasteiger partial charge in [-0.05, 0) is 61.5 Å². The Morgan fingerprint density at radius 1 is 1.09 bits per heavy atom. The van der Waals surface area contributed by atoms with Gasteiger partial charge in [-0.2, -0.15) is 0 Å². The van der Waals surface area contributed by atoms with Gasteiger partial charge in [0.2, 0.25) is 5.91 Å². The molecule has 0 aliphatic carbocycles. The molecule has 5 nitrogen and oxygen atoms in total.